The Morgan fingerprint density at radius 1 is 1.53 bits per heavy atom. The van der Waals surface area contributed by atoms with E-state index in [0.717, 1.165) is 15.2 Å². The minimum atomic E-state index is -0.748. The van der Waals surface area contributed by atoms with Crippen LogP contribution < -0.4 is 4.90 Å². The van der Waals surface area contributed by atoms with E-state index in [9.17, 15) is 4.79 Å². The van der Waals surface area contributed by atoms with Crippen LogP contribution in [0.1, 0.15) is 12.8 Å². The highest BCUT2D eigenvalue weighted by Gasteiger charge is 2.06. The second-order valence-corrected chi connectivity index (χ2v) is 5.39. The molecular formula is C8H13N3O2S2. The molecule has 1 rings (SSSR count). The van der Waals surface area contributed by atoms with Gasteiger partial charge in [0.1, 0.15) is 0 Å². The number of hydrogen-bond acceptors (Lipinski definition) is 6. The molecule has 0 atom stereocenters. The van der Waals surface area contributed by atoms with E-state index in [2.05, 4.69) is 10.2 Å². The molecule has 1 N–H and O–H groups in total. The lowest BCUT2D eigenvalue weighted by molar-refractivity contribution is -0.137. The fourth-order valence-electron chi connectivity index (χ4n) is 0.824. The maximum Gasteiger partial charge on any atom is 0.303 e. The molecule has 0 saturated carbocycles. The first kappa shape index (κ1) is 12.3. The molecule has 84 valence electrons. The van der Waals surface area contributed by atoms with Crippen molar-refractivity contribution in [1.29, 1.82) is 0 Å². The zero-order chi connectivity index (χ0) is 11.3. The Kier molecular flexibility index (Phi) is 4.83. The number of rotatable bonds is 6. The molecule has 0 aliphatic carbocycles. The topological polar surface area (TPSA) is 66.3 Å². The maximum atomic E-state index is 10.3. The van der Waals surface area contributed by atoms with E-state index >= 15 is 0 Å². The predicted octanol–water partition coefficient (Wildman–Crippen LogP) is 1.56. The number of carboxylic acids is 1. The normalized spacial score (nSPS) is 10.3. The van der Waals surface area contributed by atoms with Gasteiger partial charge in [-0.25, -0.2) is 0 Å². The maximum absolute atomic E-state index is 10.3. The van der Waals surface area contributed by atoms with Gasteiger partial charge in [-0.1, -0.05) is 23.1 Å². The number of aliphatic carboxylic acids is 1. The molecule has 1 aromatic rings. The third kappa shape index (κ3) is 4.48. The summed E-state index contributed by atoms with van der Waals surface area (Å²) in [6.07, 6.45) is 0.878. The van der Waals surface area contributed by atoms with Crippen LogP contribution in [0.5, 0.6) is 0 Å². The van der Waals surface area contributed by atoms with Crippen LogP contribution in [0.3, 0.4) is 0 Å². The molecule has 7 heteroatoms. The summed E-state index contributed by atoms with van der Waals surface area (Å²) >= 11 is 3.07. The SMILES string of the molecule is CN(C)c1nnc(SCCCC(=O)O)s1. The molecule has 0 radical (unpaired) electrons. The van der Waals surface area contributed by atoms with Gasteiger partial charge in [0.25, 0.3) is 0 Å². The highest BCUT2D eigenvalue weighted by atomic mass is 32.2. The molecule has 0 fully saturated rings. The average molecular weight is 247 g/mol. The third-order valence-corrected chi connectivity index (χ3v) is 3.85. The lowest BCUT2D eigenvalue weighted by Crippen LogP contribution is -2.07. The molecule has 0 spiro atoms. The van der Waals surface area contributed by atoms with Gasteiger partial charge in [0, 0.05) is 26.3 Å². The molecule has 1 aromatic heterocycles. The Hall–Kier alpha value is -0.820. The fourth-order valence-corrected chi connectivity index (χ4v) is 2.60. The van der Waals surface area contributed by atoms with Crippen molar-refractivity contribution in [3.63, 3.8) is 0 Å². The first-order valence-electron chi connectivity index (χ1n) is 4.45. The van der Waals surface area contributed by atoms with Gasteiger partial charge in [0.15, 0.2) is 4.34 Å². The van der Waals surface area contributed by atoms with Crippen molar-refractivity contribution in [2.75, 3.05) is 24.7 Å². The highest BCUT2D eigenvalue weighted by molar-refractivity contribution is 8.01. The summed E-state index contributed by atoms with van der Waals surface area (Å²) in [7, 11) is 3.83. The van der Waals surface area contributed by atoms with Crippen LogP contribution in [0.15, 0.2) is 4.34 Å². The zero-order valence-corrected chi connectivity index (χ0v) is 10.3. The van der Waals surface area contributed by atoms with Crippen molar-refractivity contribution in [1.82, 2.24) is 10.2 Å². The molecule has 0 amide bonds. The summed E-state index contributed by atoms with van der Waals surface area (Å²) < 4.78 is 0.893. The highest BCUT2D eigenvalue weighted by Crippen LogP contribution is 2.27. The molecular weight excluding hydrogens is 234 g/mol. The fraction of sp³-hybridized carbons (Fsp3) is 0.625. The number of carboxylic acid groups (broad SMARTS) is 1. The third-order valence-electron chi connectivity index (χ3n) is 1.54. The van der Waals surface area contributed by atoms with Crippen LogP contribution in [-0.4, -0.2) is 41.1 Å². The summed E-state index contributed by atoms with van der Waals surface area (Å²) in [5.74, 6) is 0.0239. The molecule has 0 aromatic carbocycles. The molecule has 0 unspecified atom stereocenters. The van der Waals surface area contributed by atoms with Gasteiger partial charge in [-0.2, -0.15) is 0 Å². The second-order valence-electron chi connectivity index (χ2n) is 3.09. The largest absolute Gasteiger partial charge is 0.481 e. The van der Waals surface area contributed by atoms with Crippen LogP contribution in [-0.2, 0) is 4.79 Å². The van der Waals surface area contributed by atoms with Gasteiger partial charge >= 0.3 is 5.97 Å². The van der Waals surface area contributed by atoms with Crippen molar-refractivity contribution in [2.24, 2.45) is 0 Å². The molecule has 15 heavy (non-hydrogen) atoms. The number of anilines is 1. The van der Waals surface area contributed by atoms with E-state index in [1.54, 1.807) is 11.8 Å². The zero-order valence-electron chi connectivity index (χ0n) is 8.63. The lowest BCUT2D eigenvalue weighted by Gasteiger charge is -2.03. The Labute approximate surface area is 96.5 Å². The van der Waals surface area contributed by atoms with Crippen molar-refractivity contribution < 1.29 is 9.90 Å². The van der Waals surface area contributed by atoms with Crippen LogP contribution >= 0.6 is 23.1 Å². The van der Waals surface area contributed by atoms with Gasteiger partial charge in [-0.3, -0.25) is 4.79 Å². The van der Waals surface area contributed by atoms with Gasteiger partial charge < -0.3 is 10.0 Å². The minimum Gasteiger partial charge on any atom is -0.481 e. The summed E-state index contributed by atoms with van der Waals surface area (Å²) in [6.45, 7) is 0. The Balaban J connectivity index is 2.28. The number of thioether (sulfide) groups is 1. The van der Waals surface area contributed by atoms with Crippen LogP contribution in [0, 0.1) is 0 Å². The summed E-state index contributed by atoms with van der Waals surface area (Å²) in [5.41, 5.74) is 0. The van der Waals surface area contributed by atoms with E-state index in [4.69, 9.17) is 5.11 Å². The quantitative estimate of drug-likeness (QED) is 0.608. The average Bonchev–Trinajstić information content (AvgIpc) is 2.60. The van der Waals surface area contributed by atoms with Gasteiger partial charge in [-0.05, 0) is 6.42 Å². The van der Waals surface area contributed by atoms with E-state index in [-0.39, 0.29) is 6.42 Å². The monoisotopic (exact) mass is 247 g/mol. The number of aromatic nitrogens is 2. The summed E-state index contributed by atoms with van der Waals surface area (Å²) in [4.78, 5) is 12.2. The Bertz CT molecular complexity index is 327. The van der Waals surface area contributed by atoms with Crippen LogP contribution in [0.4, 0.5) is 5.13 Å². The van der Waals surface area contributed by atoms with E-state index < -0.39 is 5.97 Å². The number of hydrogen-bond donors (Lipinski definition) is 1. The van der Waals surface area contributed by atoms with Gasteiger partial charge in [0.05, 0.1) is 0 Å². The van der Waals surface area contributed by atoms with Crippen molar-refractivity contribution in [2.45, 2.75) is 17.2 Å². The molecule has 0 aliphatic heterocycles. The van der Waals surface area contributed by atoms with Gasteiger partial charge in [-0.15, -0.1) is 10.2 Å². The first-order chi connectivity index (χ1) is 7.09. The molecule has 5 nitrogen and oxygen atoms in total. The van der Waals surface area contributed by atoms with Crippen LogP contribution in [0.2, 0.25) is 0 Å². The molecule has 0 bridgehead atoms. The summed E-state index contributed by atoms with van der Waals surface area (Å²) in [6, 6.07) is 0. The second kappa shape index (κ2) is 5.92. The number of carbonyl (C=O) groups is 1. The summed E-state index contributed by atoms with van der Waals surface area (Å²) in [5, 5.41) is 17.3. The van der Waals surface area contributed by atoms with Gasteiger partial charge in [0.2, 0.25) is 5.13 Å². The Morgan fingerprint density at radius 3 is 2.80 bits per heavy atom. The molecule has 0 aliphatic rings. The Morgan fingerprint density at radius 2 is 2.27 bits per heavy atom. The van der Waals surface area contributed by atoms with E-state index in [1.165, 1.54) is 11.3 Å². The number of nitrogens with zero attached hydrogens (tertiary/aromatic N) is 3. The van der Waals surface area contributed by atoms with Crippen molar-refractivity contribution >= 4 is 34.2 Å². The van der Waals surface area contributed by atoms with E-state index in [0.29, 0.717) is 6.42 Å². The lowest BCUT2D eigenvalue weighted by atomic mass is 10.3. The predicted molar refractivity (Wildman–Crippen MR) is 61.8 cm³/mol. The van der Waals surface area contributed by atoms with Crippen molar-refractivity contribution in [3.8, 4) is 0 Å². The first-order valence-corrected chi connectivity index (χ1v) is 6.25. The minimum absolute atomic E-state index is 0.215. The molecule has 0 saturated heterocycles. The van der Waals surface area contributed by atoms with Crippen LogP contribution in [0.25, 0.3) is 0 Å². The standard InChI is InChI=1S/C8H13N3O2S2/c1-11(2)7-9-10-8(15-7)14-5-3-4-6(12)13/h3-5H2,1-2H3,(H,12,13). The van der Waals surface area contributed by atoms with Crippen molar-refractivity contribution in [3.05, 3.63) is 0 Å². The molecule has 1 heterocycles. The van der Waals surface area contributed by atoms with E-state index in [1.807, 2.05) is 19.0 Å². The smallest absolute Gasteiger partial charge is 0.303 e.